The third-order valence-electron chi connectivity index (χ3n) is 7.02. The summed E-state index contributed by atoms with van der Waals surface area (Å²) in [7, 11) is 1.93. The summed E-state index contributed by atoms with van der Waals surface area (Å²) < 4.78 is 0. The van der Waals surface area contributed by atoms with Crippen molar-refractivity contribution in [2.24, 2.45) is 5.92 Å². The molecular weight excluding hydrogens is 372 g/mol. The minimum absolute atomic E-state index is 0.110. The van der Waals surface area contributed by atoms with Crippen LogP contribution in [0.15, 0.2) is 24.3 Å². The predicted octanol–water partition coefficient (Wildman–Crippen LogP) is 4.14. The van der Waals surface area contributed by atoms with Gasteiger partial charge in [0, 0.05) is 37.7 Å². The molecule has 1 amide bonds. The number of benzene rings is 1. The van der Waals surface area contributed by atoms with Crippen molar-refractivity contribution in [1.82, 2.24) is 9.80 Å². The van der Waals surface area contributed by atoms with E-state index in [1.165, 1.54) is 24.8 Å². The molecule has 156 valence electrons. The number of hydrogen-bond donors (Lipinski definition) is 1. The van der Waals surface area contributed by atoms with Crippen molar-refractivity contribution in [3.63, 3.8) is 0 Å². The van der Waals surface area contributed by atoms with E-state index in [1.54, 1.807) is 0 Å². The maximum atomic E-state index is 13.0. The fraction of sp³-hybridized carbons (Fsp3) is 0.696. The van der Waals surface area contributed by atoms with Gasteiger partial charge in [0.25, 0.3) is 0 Å². The van der Waals surface area contributed by atoms with Crippen LogP contribution in [-0.4, -0.2) is 59.1 Å². The summed E-state index contributed by atoms with van der Waals surface area (Å²) in [6, 6.07) is 8.33. The summed E-state index contributed by atoms with van der Waals surface area (Å²) in [5.74, 6) is -0.232. The minimum atomic E-state index is -0.888. The van der Waals surface area contributed by atoms with Gasteiger partial charge in [0.1, 0.15) is 0 Å². The van der Waals surface area contributed by atoms with Crippen LogP contribution in [0.2, 0.25) is 5.02 Å². The van der Waals surface area contributed by atoms with E-state index < -0.39 is 5.60 Å². The zero-order valence-corrected chi connectivity index (χ0v) is 18.1. The number of piperidine rings is 1. The van der Waals surface area contributed by atoms with E-state index in [4.69, 9.17) is 11.6 Å². The molecule has 2 aliphatic rings. The number of amides is 1. The summed E-state index contributed by atoms with van der Waals surface area (Å²) in [6.07, 6.45) is 8.12. The molecule has 28 heavy (non-hydrogen) atoms. The Labute approximate surface area is 174 Å². The summed E-state index contributed by atoms with van der Waals surface area (Å²) in [5.41, 5.74) is 0.281. The van der Waals surface area contributed by atoms with E-state index in [-0.39, 0.29) is 11.8 Å². The third kappa shape index (κ3) is 5.08. The second-order valence-corrected chi connectivity index (χ2v) is 9.16. The molecule has 3 rings (SSSR count). The molecule has 1 aromatic rings. The van der Waals surface area contributed by atoms with Crippen molar-refractivity contribution < 1.29 is 9.90 Å². The number of rotatable bonds is 6. The van der Waals surface area contributed by atoms with Crippen molar-refractivity contribution in [3.8, 4) is 0 Å². The lowest BCUT2D eigenvalue weighted by molar-refractivity contribution is -0.149. The smallest absolute Gasteiger partial charge is 0.228 e. The fourth-order valence-electron chi connectivity index (χ4n) is 4.76. The van der Waals surface area contributed by atoms with Gasteiger partial charge in [-0.25, -0.2) is 0 Å². The number of likely N-dealkylation sites (tertiary alicyclic amines) is 1. The summed E-state index contributed by atoms with van der Waals surface area (Å²) in [4.78, 5) is 17.3. The Kier molecular flexibility index (Phi) is 7.41. The molecule has 1 N–H and O–H groups in total. The number of carbonyl (C=O) groups is 1. The normalized spacial score (nSPS) is 22.0. The number of nitrogens with zero attached hydrogens (tertiary/aromatic N) is 2. The molecule has 4 nitrogen and oxygen atoms in total. The maximum Gasteiger partial charge on any atom is 0.228 e. The summed E-state index contributed by atoms with van der Waals surface area (Å²) in [6.45, 7) is 4.50. The van der Waals surface area contributed by atoms with Gasteiger partial charge in [0.15, 0.2) is 0 Å². The van der Waals surface area contributed by atoms with E-state index in [0.717, 1.165) is 43.9 Å². The first kappa shape index (κ1) is 21.6. The molecule has 1 aromatic carbocycles. The highest BCUT2D eigenvalue weighted by Gasteiger charge is 2.42. The lowest BCUT2D eigenvalue weighted by atomic mass is 9.79. The highest BCUT2D eigenvalue weighted by Crippen LogP contribution is 2.33. The first-order chi connectivity index (χ1) is 13.4. The van der Waals surface area contributed by atoms with Gasteiger partial charge < -0.3 is 14.9 Å². The van der Waals surface area contributed by atoms with Gasteiger partial charge in [-0.05, 0) is 43.7 Å². The minimum Gasteiger partial charge on any atom is -0.389 e. The quantitative estimate of drug-likeness (QED) is 0.772. The Morgan fingerprint density at radius 2 is 1.89 bits per heavy atom. The monoisotopic (exact) mass is 406 g/mol. The number of carbonyl (C=O) groups excluding carboxylic acids is 1. The molecule has 0 aromatic heterocycles. The zero-order chi connectivity index (χ0) is 20.1. The van der Waals surface area contributed by atoms with Crippen LogP contribution < -0.4 is 0 Å². The topological polar surface area (TPSA) is 43.8 Å². The van der Waals surface area contributed by atoms with Gasteiger partial charge in [-0.1, -0.05) is 56.0 Å². The zero-order valence-electron chi connectivity index (χ0n) is 17.4. The molecule has 1 aliphatic heterocycles. The predicted molar refractivity (Wildman–Crippen MR) is 115 cm³/mol. The summed E-state index contributed by atoms with van der Waals surface area (Å²) >= 11 is 6.26. The Balaban J connectivity index is 1.50. The lowest BCUT2D eigenvalue weighted by Gasteiger charge is -2.43. The maximum absolute atomic E-state index is 13.0. The van der Waals surface area contributed by atoms with Crippen LogP contribution in [0.1, 0.15) is 57.4 Å². The van der Waals surface area contributed by atoms with E-state index in [1.807, 2.05) is 37.1 Å². The van der Waals surface area contributed by atoms with Crippen LogP contribution in [0, 0.1) is 5.92 Å². The van der Waals surface area contributed by atoms with Crippen LogP contribution in [0.5, 0.6) is 0 Å². The highest BCUT2D eigenvalue weighted by atomic mass is 35.5. The van der Waals surface area contributed by atoms with Gasteiger partial charge >= 0.3 is 0 Å². The second-order valence-electron chi connectivity index (χ2n) is 8.75. The van der Waals surface area contributed by atoms with E-state index in [9.17, 15) is 9.90 Å². The number of aliphatic hydroxyl groups is 1. The van der Waals surface area contributed by atoms with Crippen LogP contribution in [0.25, 0.3) is 0 Å². The van der Waals surface area contributed by atoms with E-state index in [0.29, 0.717) is 18.9 Å². The van der Waals surface area contributed by atoms with Crippen LogP contribution >= 0.6 is 11.6 Å². The molecule has 0 radical (unpaired) electrons. The van der Waals surface area contributed by atoms with E-state index in [2.05, 4.69) is 11.0 Å². The van der Waals surface area contributed by atoms with Gasteiger partial charge in [0.2, 0.25) is 5.91 Å². The average molecular weight is 407 g/mol. The molecule has 1 aliphatic carbocycles. The largest absolute Gasteiger partial charge is 0.389 e. The van der Waals surface area contributed by atoms with Crippen molar-refractivity contribution in [2.75, 3.05) is 26.7 Å². The molecule has 1 saturated heterocycles. The van der Waals surface area contributed by atoms with Crippen molar-refractivity contribution in [2.45, 2.75) is 69.9 Å². The highest BCUT2D eigenvalue weighted by molar-refractivity contribution is 6.31. The van der Waals surface area contributed by atoms with Crippen LogP contribution in [-0.2, 0) is 11.2 Å². The first-order valence-corrected chi connectivity index (χ1v) is 11.2. The molecule has 1 atom stereocenters. The molecular formula is C23H35ClN2O2. The van der Waals surface area contributed by atoms with Crippen molar-refractivity contribution in [3.05, 3.63) is 34.9 Å². The molecule has 0 spiro atoms. The lowest BCUT2D eigenvalue weighted by Crippen LogP contribution is -2.54. The molecule has 0 bridgehead atoms. The second kappa shape index (κ2) is 9.60. The van der Waals surface area contributed by atoms with Crippen molar-refractivity contribution in [1.29, 1.82) is 0 Å². The van der Waals surface area contributed by atoms with Gasteiger partial charge in [0.05, 0.1) is 11.5 Å². The standard InChI is InChI=1S/C23H35ClN2O2/c1-18(22(27)25(2)20-9-4-3-5-10-20)23(28)13-16-26(17-14-23)15-12-19-8-6-7-11-21(19)24/h6-8,11,18,20,28H,3-5,9-10,12-17H2,1-2H3/t18-/m0/s1. The van der Waals surface area contributed by atoms with Crippen LogP contribution in [0.4, 0.5) is 0 Å². The first-order valence-electron chi connectivity index (χ1n) is 10.9. The van der Waals surface area contributed by atoms with Gasteiger partial charge in [-0.15, -0.1) is 0 Å². The Bertz CT molecular complexity index is 652. The fourth-order valence-corrected chi connectivity index (χ4v) is 4.99. The molecule has 2 fully saturated rings. The number of halogens is 1. The Hall–Kier alpha value is -1.10. The Morgan fingerprint density at radius 1 is 1.25 bits per heavy atom. The SMILES string of the molecule is C[C@@H](C(=O)N(C)C1CCCCC1)C1(O)CCN(CCc2ccccc2Cl)CC1. The average Bonchev–Trinajstić information content (AvgIpc) is 2.73. The van der Waals surface area contributed by atoms with E-state index >= 15 is 0 Å². The summed E-state index contributed by atoms with van der Waals surface area (Å²) in [5, 5.41) is 12.0. The number of hydrogen-bond acceptors (Lipinski definition) is 3. The third-order valence-corrected chi connectivity index (χ3v) is 7.39. The van der Waals surface area contributed by atoms with Crippen LogP contribution in [0.3, 0.4) is 0 Å². The molecule has 0 unspecified atom stereocenters. The molecule has 1 heterocycles. The van der Waals surface area contributed by atoms with Crippen molar-refractivity contribution >= 4 is 17.5 Å². The molecule has 1 saturated carbocycles. The molecule has 5 heteroatoms. The van der Waals surface area contributed by atoms with Gasteiger partial charge in [-0.3, -0.25) is 4.79 Å². The Morgan fingerprint density at radius 3 is 2.54 bits per heavy atom. The van der Waals surface area contributed by atoms with Gasteiger partial charge in [-0.2, -0.15) is 0 Å².